The van der Waals surface area contributed by atoms with Gasteiger partial charge in [0.05, 0.1) is 0 Å². The zero-order valence-electron chi connectivity index (χ0n) is 14.6. The van der Waals surface area contributed by atoms with Crippen LogP contribution in [0.3, 0.4) is 0 Å². The van der Waals surface area contributed by atoms with Crippen molar-refractivity contribution >= 4 is 0 Å². The SMILES string of the molecule is CCC1CCC(CCc2ccc(-c3cc(F)c(F)nc3F)cc2)CC1. The van der Waals surface area contributed by atoms with Crippen molar-refractivity contribution in [2.45, 2.75) is 51.9 Å². The lowest BCUT2D eigenvalue weighted by Gasteiger charge is -2.27. The second kappa shape index (κ2) is 8.03. The zero-order valence-corrected chi connectivity index (χ0v) is 14.6. The van der Waals surface area contributed by atoms with Gasteiger partial charge in [0.15, 0.2) is 5.82 Å². The molecule has 0 amide bonds. The number of aryl methyl sites for hydroxylation is 1. The molecule has 1 aliphatic carbocycles. The van der Waals surface area contributed by atoms with Gasteiger partial charge in [-0.25, -0.2) is 4.39 Å². The number of hydrogen-bond donors (Lipinski definition) is 0. The van der Waals surface area contributed by atoms with Crippen LogP contribution >= 0.6 is 0 Å². The first kappa shape index (κ1) is 18.0. The van der Waals surface area contributed by atoms with E-state index in [4.69, 9.17) is 0 Å². The van der Waals surface area contributed by atoms with Crippen molar-refractivity contribution in [3.63, 3.8) is 0 Å². The molecule has 1 saturated carbocycles. The Bertz CT molecular complexity index is 704. The van der Waals surface area contributed by atoms with Crippen LogP contribution in [-0.4, -0.2) is 4.98 Å². The van der Waals surface area contributed by atoms with Crippen LogP contribution in [0, 0.1) is 29.5 Å². The number of rotatable bonds is 5. The maximum Gasteiger partial charge on any atom is 0.251 e. The third-order valence-corrected chi connectivity index (χ3v) is 5.54. The second-order valence-corrected chi connectivity index (χ2v) is 7.13. The summed E-state index contributed by atoms with van der Waals surface area (Å²) in [7, 11) is 0. The molecule has 0 radical (unpaired) electrons. The molecule has 0 saturated heterocycles. The van der Waals surface area contributed by atoms with Crippen LogP contribution in [0.2, 0.25) is 0 Å². The first-order chi connectivity index (χ1) is 12.1. The minimum atomic E-state index is -1.41. The maximum absolute atomic E-state index is 13.8. The Morgan fingerprint density at radius 2 is 1.56 bits per heavy atom. The minimum absolute atomic E-state index is 0.0108. The molecule has 0 unspecified atom stereocenters. The van der Waals surface area contributed by atoms with Crippen molar-refractivity contribution in [1.29, 1.82) is 0 Å². The summed E-state index contributed by atoms with van der Waals surface area (Å²) >= 11 is 0. The molecular formula is C21H24F3N. The number of halogens is 3. The van der Waals surface area contributed by atoms with E-state index in [2.05, 4.69) is 11.9 Å². The van der Waals surface area contributed by atoms with Gasteiger partial charge in [-0.15, -0.1) is 0 Å². The molecule has 4 heteroatoms. The third-order valence-electron chi connectivity index (χ3n) is 5.54. The molecule has 25 heavy (non-hydrogen) atoms. The topological polar surface area (TPSA) is 12.9 Å². The van der Waals surface area contributed by atoms with E-state index >= 15 is 0 Å². The van der Waals surface area contributed by atoms with Crippen molar-refractivity contribution in [2.75, 3.05) is 0 Å². The molecule has 0 aliphatic heterocycles. The molecule has 2 aromatic rings. The van der Waals surface area contributed by atoms with Gasteiger partial charge in [-0.3, -0.25) is 0 Å². The Labute approximate surface area is 147 Å². The van der Waals surface area contributed by atoms with Gasteiger partial charge in [-0.05, 0) is 41.9 Å². The lowest BCUT2D eigenvalue weighted by Crippen LogP contribution is -2.14. The standard InChI is InChI=1S/C21H24F3N/c1-2-14-3-5-15(6-4-14)7-8-16-9-11-17(12-10-16)18-13-19(22)21(24)25-20(18)23/h9-15H,2-8H2,1H3. The molecule has 0 spiro atoms. The van der Waals surface area contributed by atoms with Gasteiger partial charge in [-0.1, -0.05) is 63.3 Å². The smallest absolute Gasteiger partial charge is 0.202 e. The normalized spacial score (nSPS) is 20.6. The predicted octanol–water partition coefficient (Wildman–Crippen LogP) is 6.31. The summed E-state index contributed by atoms with van der Waals surface area (Å²) in [6, 6.07) is 8.24. The fourth-order valence-corrected chi connectivity index (χ4v) is 3.80. The second-order valence-electron chi connectivity index (χ2n) is 7.13. The highest BCUT2D eigenvalue weighted by Gasteiger charge is 2.19. The van der Waals surface area contributed by atoms with Crippen LogP contribution < -0.4 is 0 Å². The molecule has 134 valence electrons. The van der Waals surface area contributed by atoms with Crippen molar-refractivity contribution in [1.82, 2.24) is 4.98 Å². The lowest BCUT2D eigenvalue weighted by atomic mass is 9.78. The van der Waals surface area contributed by atoms with Crippen LogP contribution in [0.25, 0.3) is 11.1 Å². The van der Waals surface area contributed by atoms with Crippen molar-refractivity contribution in [3.8, 4) is 11.1 Å². The van der Waals surface area contributed by atoms with Crippen LogP contribution in [0.5, 0.6) is 0 Å². The highest BCUT2D eigenvalue weighted by molar-refractivity contribution is 5.63. The first-order valence-electron chi connectivity index (χ1n) is 9.17. The van der Waals surface area contributed by atoms with E-state index in [0.717, 1.165) is 24.3 Å². The molecule has 3 rings (SSSR count). The van der Waals surface area contributed by atoms with Gasteiger partial charge >= 0.3 is 0 Å². The first-order valence-corrected chi connectivity index (χ1v) is 9.17. The monoisotopic (exact) mass is 347 g/mol. The molecular weight excluding hydrogens is 323 g/mol. The summed E-state index contributed by atoms with van der Waals surface area (Å²) in [4.78, 5) is 2.97. The number of hydrogen-bond acceptors (Lipinski definition) is 1. The fourth-order valence-electron chi connectivity index (χ4n) is 3.80. The molecule has 1 heterocycles. The van der Waals surface area contributed by atoms with Gasteiger partial charge in [0.25, 0.3) is 5.95 Å². The Kier molecular flexibility index (Phi) is 5.77. The highest BCUT2D eigenvalue weighted by atomic mass is 19.2. The van der Waals surface area contributed by atoms with E-state index in [1.165, 1.54) is 44.1 Å². The maximum atomic E-state index is 13.8. The Morgan fingerprint density at radius 3 is 2.20 bits per heavy atom. The number of pyridine rings is 1. The molecule has 1 fully saturated rings. The number of nitrogens with zero attached hydrogens (tertiary/aromatic N) is 1. The van der Waals surface area contributed by atoms with Crippen molar-refractivity contribution < 1.29 is 13.2 Å². The third kappa shape index (κ3) is 4.42. The van der Waals surface area contributed by atoms with E-state index in [1.807, 2.05) is 12.1 Å². The quantitative estimate of drug-likeness (QED) is 0.577. The van der Waals surface area contributed by atoms with E-state index in [-0.39, 0.29) is 5.56 Å². The molecule has 1 nitrogen and oxygen atoms in total. The van der Waals surface area contributed by atoms with Crippen LogP contribution in [0.1, 0.15) is 51.0 Å². The average Bonchev–Trinajstić information content (AvgIpc) is 2.64. The summed E-state index contributed by atoms with van der Waals surface area (Å²) in [6.07, 6.45) is 8.82. The van der Waals surface area contributed by atoms with Gasteiger partial charge in [0, 0.05) is 5.56 Å². The Hall–Kier alpha value is -1.84. The van der Waals surface area contributed by atoms with E-state index in [1.54, 1.807) is 12.1 Å². The van der Waals surface area contributed by atoms with E-state index < -0.39 is 17.7 Å². The Morgan fingerprint density at radius 1 is 0.920 bits per heavy atom. The van der Waals surface area contributed by atoms with Crippen molar-refractivity contribution in [2.24, 2.45) is 11.8 Å². The zero-order chi connectivity index (χ0) is 17.8. The van der Waals surface area contributed by atoms with Crippen LogP contribution in [0.4, 0.5) is 13.2 Å². The lowest BCUT2D eigenvalue weighted by molar-refractivity contribution is 0.259. The molecule has 0 atom stereocenters. The minimum Gasteiger partial charge on any atom is -0.202 e. The van der Waals surface area contributed by atoms with Gasteiger partial charge in [0.2, 0.25) is 5.95 Å². The van der Waals surface area contributed by atoms with Crippen molar-refractivity contribution in [3.05, 3.63) is 53.6 Å². The summed E-state index contributed by atoms with van der Waals surface area (Å²) in [6.45, 7) is 2.28. The van der Waals surface area contributed by atoms with E-state index in [9.17, 15) is 13.2 Å². The van der Waals surface area contributed by atoms with Crippen LogP contribution in [0.15, 0.2) is 30.3 Å². The summed E-state index contributed by atoms with van der Waals surface area (Å²) < 4.78 is 40.0. The van der Waals surface area contributed by atoms with E-state index in [0.29, 0.717) is 5.56 Å². The molecule has 1 aromatic carbocycles. The van der Waals surface area contributed by atoms with Gasteiger partial charge in [0.1, 0.15) is 0 Å². The highest BCUT2D eigenvalue weighted by Crippen LogP contribution is 2.33. The molecule has 0 bridgehead atoms. The van der Waals surface area contributed by atoms with Gasteiger partial charge < -0.3 is 0 Å². The largest absolute Gasteiger partial charge is 0.251 e. The number of benzene rings is 1. The Balaban J connectivity index is 1.60. The molecule has 1 aromatic heterocycles. The summed E-state index contributed by atoms with van der Waals surface area (Å²) in [5, 5.41) is 0. The summed E-state index contributed by atoms with van der Waals surface area (Å²) in [5.41, 5.74) is 1.69. The molecule has 1 aliphatic rings. The summed E-state index contributed by atoms with van der Waals surface area (Å²) in [5.74, 6) is -1.82. The number of aromatic nitrogens is 1. The predicted molar refractivity (Wildman–Crippen MR) is 93.6 cm³/mol. The van der Waals surface area contributed by atoms with Crippen LogP contribution in [-0.2, 0) is 6.42 Å². The average molecular weight is 347 g/mol. The fraction of sp³-hybridized carbons (Fsp3) is 0.476. The molecule has 0 N–H and O–H groups in total. The van der Waals surface area contributed by atoms with Gasteiger partial charge in [-0.2, -0.15) is 13.8 Å².